The fourth-order valence-corrected chi connectivity index (χ4v) is 0.441. The molecule has 0 aliphatic rings. The Labute approximate surface area is 60.8 Å². The van der Waals surface area contributed by atoms with Crippen molar-refractivity contribution in [1.82, 2.24) is 5.32 Å². The Kier molecular flexibility index (Phi) is 3.69. The highest BCUT2D eigenvalue weighted by Crippen LogP contribution is 1.92. The fourth-order valence-electron chi connectivity index (χ4n) is 0.441. The molecule has 0 heterocycles. The molecule has 0 aromatic rings. The minimum Gasteiger partial charge on any atom is -0.356 e. The van der Waals surface area contributed by atoms with Crippen LogP contribution in [0.2, 0.25) is 0 Å². The van der Waals surface area contributed by atoms with E-state index in [4.69, 9.17) is 0 Å². The van der Waals surface area contributed by atoms with Crippen LogP contribution in [0.4, 0.5) is 0 Å². The van der Waals surface area contributed by atoms with Crippen molar-refractivity contribution in [2.75, 3.05) is 6.54 Å². The van der Waals surface area contributed by atoms with Crippen LogP contribution >= 0.6 is 0 Å². The van der Waals surface area contributed by atoms with Crippen LogP contribution in [-0.4, -0.2) is 18.2 Å². The average Bonchev–Trinajstić information content (AvgIpc) is 1.82. The van der Waals surface area contributed by atoms with Crippen LogP contribution in [0.15, 0.2) is 0 Å². The molecule has 0 unspecified atom stereocenters. The summed E-state index contributed by atoms with van der Waals surface area (Å²) >= 11 is 0. The Hall–Kier alpha value is -0.860. The lowest BCUT2D eigenvalue weighted by molar-refractivity contribution is -0.121. The summed E-state index contributed by atoms with van der Waals surface area (Å²) in [7, 11) is 0. The van der Waals surface area contributed by atoms with Gasteiger partial charge < -0.3 is 5.32 Å². The minimum atomic E-state index is -0.0897. The first-order valence-electron chi connectivity index (χ1n) is 3.29. The summed E-state index contributed by atoms with van der Waals surface area (Å²) < 4.78 is 0. The Balaban J connectivity index is 3.49. The molecule has 0 aromatic carbocycles. The predicted molar refractivity (Wildman–Crippen MR) is 38.5 cm³/mol. The van der Waals surface area contributed by atoms with Gasteiger partial charge in [-0.25, -0.2) is 0 Å². The van der Waals surface area contributed by atoms with Crippen LogP contribution in [0.3, 0.4) is 0 Å². The number of amides is 1. The van der Waals surface area contributed by atoms with Crippen LogP contribution in [0.25, 0.3) is 0 Å². The lowest BCUT2D eigenvalue weighted by atomic mass is 10.1. The van der Waals surface area contributed by atoms with Crippen molar-refractivity contribution in [3.63, 3.8) is 0 Å². The van der Waals surface area contributed by atoms with Crippen LogP contribution in [0.1, 0.15) is 20.8 Å². The van der Waals surface area contributed by atoms with Crippen LogP contribution in [-0.2, 0) is 9.59 Å². The highest BCUT2D eigenvalue weighted by atomic mass is 16.1. The summed E-state index contributed by atoms with van der Waals surface area (Å²) in [5.41, 5.74) is 0. The molecule has 0 saturated heterocycles. The van der Waals surface area contributed by atoms with Gasteiger partial charge in [0.1, 0.15) is 5.78 Å². The van der Waals surface area contributed by atoms with E-state index in [0.717, 1.165) is 0 Å². The van der Waals surface area contributed by atoms with Gasteiger partial charge in [-0.15, -0.1) is 0 Å². The number of hydrogen-bond acceptors (Lipinski definition) is 2. The van der Waals surface area contributed by atoms with Crippen molar-refractivity contribution >= 4 is 11.7 Å². The maximum absolute atomic E-state index is 10.6. The van der Waals surface area contributed by atoms with E-state index in [1.54, 1.807) is 6.92 Å². The lowest BCUT2D eigenvalue weighted by Gasteiger charge is -2.06. The van der Waals surface area contributed by atoms with E-state index in [-0.39, 0.29) is 17.6 Å². The molecule has 0 aliphatic heterocycles. The summed E-state index contributed by atoms with van der Waals surface area (Å²) in [6.07, 6.45) is 0. The minimum absolute atomic E-state index is 0.0658. The molecule has 58 valence electrons. The maximum Gasteiger partial charge on any atom is 0.216 e. The molecular weight excluding hydrogens is 130 g/mol. The van der Waals surface area contributed by atoms with E-state index in [0.29, 0.717) is 6.54 Å². The second-order valence-corrected chi connectivity index (χ2v) is 2.45. The predicted octanol–water partition coefficient (Wildman–Crippen LogP) is 0.348. The molecule has 0 radical (unpaired) electrons. The summed E-state index contributed by atoms with van der Waals surface area (Å²) in [5, 5.41) is 2.57. The lowest BCUT2D eigenvalue weighted by Crippen LogP contribution is -2.28. The van der Waals surface area contributed by atoms with E-state index >= 15 is 0 Å². The molecule has 1 N–H and O–H groups in total. The van der Waals surface area contributed by atoms with Crippen LogP contribution < -0.4 is 5.32 Å². The summed E-state index contributed by atoms with van der Waals surface area (Å²) in [5.74, 6) is -0.0502. The van der Waals surface area contributed by atoms with Crippen molar-refractivity contribution in [2.45, 2.75) is 20.8 Å². The Morgan fingerprint density at radius 2 is 1.90 bits per heavy atom. The Morgan fingerprint density at radius 1 is 1.40 bits per heavy atom. The van der Waals surface area contributed by atoms with Gasteiger partial charge in [0, 0.05) is 19.4 Å². The second-order valence-electron chi connectivity index (χ2n) is 2.45. The third-order valence-corrected chi connectivity index (χ3v) is 1.35. The van der Waals surface area contributed by atoms with Crippen LogP contribution in [0.5, 0.6) is 0 Å². The monoisotopic (exact) mass is 143 g/mol. The zero-order valence-electron chi connectivity index (χ0n) is 6.60. The first-order chi connectivity index (χ1) is 4.54. The smallest absolute Gasteiger partial charge is 0.216 e. The number of nitrogens with one attached hydrogen (secondary N) is 1. The standard InChI is InChI=1S/C7H13NO2/c1-5(6(2)9)4-8-7(3)10/h5H,4H2,1-3H3,(H,8,10)/t5-/m0/s1. The van der Waals surface area contributed by atoms with Gasteiger partial charge in [-0.3, -0.25) is 9.59 Å². The van der Waals surface area contributed by atoms with Gasteiger partial charge >= 0.3 is 0 Å². The zero-order chi connectivity index (χ0) is 8.15. The van der Waals surface area contributed by atoms with E-state index in [9.17, 15) is 9.59 Å². The summed E-state index contributed by atoms with van der Waals surface area (Å²) in [6.45, 7) is 5.20. The largest absolute Gasteiger partial charge is 0.356 e. The van der Waals surface area contributed by atoms with Gasteiger partial charge in [0.15, 0.2) is 0 Å². The molecular formula is C7H13NO2. The number of Topliss-reactive ketones (excluding diaryl/α,β-unsaturated/α-hetero) is 1. The van der Waals surface area contributed by atoms with Crippen molar-refractivity contribution in [3.8, 4) is 0 Å². The third-order valence-electron chi connectivity index (χ3n) is 1.35. The maximum atomic E-state index is 10.6. The van der Waals surface area contributed by atoms with Crippen molar-refractivity contribution in [2.24, 2.45) is 5.92 Å². The van der Waals surface area contributed by atoms with E-state index < -0.39 is 0 Å². The average molecular weight is 143 g/mol. The molecule has 0 rings (SSSR count). The van der Waals surface area contributed by atoms with E-state index in [1.165, 1.54) is 13.8 Å². The second kappa shape index (κ2) is 4.04. The van der Waals surface area contributed by atoms with Gasteiger partial charge in [0.25, 0.3) is 0 Å². The molecule has 1 atom stereocenters. The summed E-state index contributed by atoms with van der Waals surface area (Å²) in [6, 6.07) is 0. The SMILES string of the molecule is CC(=O)NC[C@H](C)C(C)=O. The molecule has 0 spiro atoms. The van der Waals surface area contributed by atoms with Gasteiger partial charge in [0.2, 0.25) is 5.91 Å². The van der Waals surface area contributed by atoms with Crippen molar-refractivity contribution in [1.29, 1.82) is 0 Å². The molecule has 10 heavy (non-hydrogen) atoms. The number of carbonyl (C=O) groups excluding carboxylic acids is 2. The molecule has 0 bridgehead atoms. The van der Waals surface area contributed by atoms with Crippen LogP contribution in [0, 0.1) is 5.92 Å². The molecule has 1 amide bonds. The molecule has 0 aromatic heterocycles. The quantitative estimate of drug-likeness (QED) is 0.619. The first kappa shape index (κ1) is 9.14. The highest BCUT2D eigenvalue weighted by Gasteiger charge is 2.06. The number of ketones is 1. The normalized spacial score (nSPS) is 12.3. The number of hydrogen-bond donors (Lipinski definition) is 1. The van der Waals surface area contributed by atoms with E-state index in [2.05, 4.69) is 5.32 Å². The summed E-state index contributed by atoms with van der Waals surface area (Å²) in [4.78, 5) is 21.0. The molecule has 0 aliphatic carbocycles. The molecule has 3 heteroatoms. The zero-order valence-corrected chi connectivity index (χ0v) is 6.60. The van der Waals surface area contributed by atoms with Gasteiger partial charge in [-0.05, 0) is 6.92 Å². The van der Waals surface area contributed by atoms with Gasteiger partial charge in [-0.1, -0.05) is 6.92 Å². The number of carbonyl (C=O) groups is 2. The Morgan fingerprint density at radius 3 is 2.20 bits per heavy atom. The van der Waals surface area contributed by atoms with Gasteiger partial charge in [-0.2, -0.15) is 0 Å². The first-order valence-corrected chi connectivity index (χ1v) is 3.29. The molecule has 0 fully saturated rings. The van der Waals surface area contributed by atoms with Gasteiger partial charge in [0.05, 0.1) is 0 Å². The molecule has 3 nitrogen and oxygen atoms in total. The highest BCUT2D eigenvalue weighted by molar-refractivity contribution is 5.79. The number of rotatable bonds is 3. The van der Waals surface area contributed by atoms with Crippen molar-refractivity contribution < 1.29 is 9.59 Å². The topological polar surface area (TPSA) is 46.2 Å². The van der Waals surface area contributed by atoms with Crippen molar-refractivity contribution in [3.05, 3.63) is 0 Å². The third kappa shape index (κ3) is 4.06. The fraction of sp³-hybridized carbons (Fsp3) is 0.714. The Bertz CT molecular complexity index is 143. The molecule has 0 saturated carbocycles. The van der Waals surface area contributed by atoms with E-state index in [1.807, 2.05) is 0 Å².